The second kappa shape index (κ2) is 7.05. The number of benzene rings is 1. The van der Waals surface area contributed by atoms with E-state index in [4.69, 9.17) is 11.6 Å². The Kier molecular flexibility index (Phi) is 4.85. The summed E-state index contributed by atoms with van der Waals surface area (Å²) < 4.78 is 1.72. The predicted molar refractivity (Wildman–Crippen MR) is 91.9 cm³/mol. The van der Waals surface area contributed by atoms with Gasteiger partial charge in [-0.05, 0) is 36.2 Å². The number of hydrogen-bond donors (Lipinski definition) is 1. The van der Waals surface area contributed by atoms with Crippen LogP contribution in [-0.2, 0) is 23.1 Å². The fourth-order valence-corrected chi connectivity index (χ4v) is 2.96. The highest BCUT2D eigenvalue weighted by Crippen LogP contribution is 2.23. The van der Waals surface area contributed by atoms with Gasteiger partial charge in [0.05, 0.1) is 12.2 Å². The first-order valence-electron chi connectivity index (χ1n) is 7.84. The number of nitrogens with one attached hydrogen (secondary N) is 1. The molecular weight excluding hydrogens is 328 g/mol. The van der Waals surface area contributed by atoms with E-state index in [1.54, 1.807) is 27.9 Å². The molecule has 24 heavy (non-hydrogen) atoms. The van der Waals surface area contributed by atoms with Crippen molar-refractivity contribution in [3.8, 4) is 0 Å². The molecule has 1 saturated heterocycles. The number of anilines is 1. The van der Waals surface area contributed by atoms with E-state index in [1.165, 1.54) is 0 Å². The monoisotopic (exact) mass is 346 g/mol. The largest absolute Gasteiger partial charge is 0.351 e. The summed E-state index contributed by atoms with van der Waals surface area (Å²) in [5, 5.41) is 7.65. The van der Waals surface area contributed by atoms with Crippen LogP contribution in [0.15, 0.2) is 36.7 Å². The van der Waals surface area contributed by atoms with Gasteiger partial charge in [-0.3, -0.25) is 14.3 Å². The molecule has 2 aromatic rings. The highest BCUT2D eigenvalue weighted by molar-refractivity contribution is 6.30. The first kappa shape index (κ1) is 16.5. The quantitative estimate of drug-likeness (QED) is 0.899. The molecular formula is C17H19ClN4O2. The van der Waals surface area contributed by atoms with E-state index >= 15 is 0 Å². The Bertz CT molecular complexity index is 741. The van der Waals surface area contributed by atoms with E-state index in [0.29, 0.717) is 30.8 Å². The van der Waals surface area contributed by atoms with Gasteiger partial charge in [0.25, 0.3) is 0 Å². The third kappa shape index (κ3) is 3.94. The average Bonchev–Trinajstić information content (AvgIpc) is 3.12. The molecule has 2 heterocycles. The van der Waals surface area contributed by atoms with Crippen molar-refractivity contribution in [3.63, 3.8) is 0 Å². The molecule has 0 spiro atoms. The molecule has 0 saturated carbocycles. The summed E-state index contributed by atoms with van der Waals surface area (Å²) in [7, 11) is 1.85. The Morgan fingerprint density at radius 3 is 2.79 bits per heavy atom. The smallest absolute Gasteiger partial charge is 0.229 e. The van der Waals surface area contributed by atoms with Gasteiger partial charge in [0.2, 0.25) is 11.8 Å². The van der Waals surface area contributed by atoms with Crippen LogP contribution in [0.25, 0.3) is 0 Å². The van der Waals surface area contributed by atoms with E-state index in [9.17, 15) is 9.59 Å². The molecule has 126 valence electrons. The summed E-state index contributed by atoms with van der Waals surface area (Å²) in [6, 6.07) is 6.97. The van der Waals surface area contributed by atoms with Crippen LogP contribution in [0.5, 0.6) is 0 Å². The van der Waals surface area contributed by atoms with Crippen LogP contribution in [0, 0.1) is 0 Å². The number of carbonyl (C=O) groups is 2. The molecule has 6 nitrogen and oxygen atoms in total. The van der Waals surface area contributed by atoms with Crippen LogP contribution < -0.4 is 10.2 Å². The maximum atomic E-state index is 12.2. The lowest BCUT2D eigenvalue weighted by Gasteiger charge is -2.17. The summed E-state index contributed by atoms with van der Waals surface area (Å²) in [4.78, 5) is 25.9. The van der Waals surface area contributed by atoms with Gasteiger partial charge in [0.1, 0.15) is 0 Å². The fourth-order valence-electron chi connectivity index (χ4n) is 2.83. The minimum atomic E-state index is -0.158. The number of aromatic nitrogens is 2. The summed E-state index contributed by atoms with van der Waals surface area (Å²) in [5.74, 6) is -0.0375. The van der Waals surface area contributed by atoms with E-state index in [0.717, 1.165) is 11.3 Å². The third-order valence-electron chi connectivity index (χ3n) is 4.03. The number of hydrogen-bond acceptors (Lipinski definition) is 3. The highest BCUT2D eigenvalue weighted by atomic mass is 35.5. The van der Waals surface area contributed by atoms with E-state index in [1.807, 2.05) is 25.4 Å². The van der Waals surface area contributed by atoms with Gasteiger partial charge in [-0.1, -0.05) is 11.6 Å². The van der Waals surface area contributed by atoms with Gasteiger partial charge in [-0.25, -0.2) is 0 Å². The van der Waals surface area contributed by atoms with E-state index in [2.05, 4.69) is 10.4 Å². The number of amides is 2. The van der Waals surface area contributed by atoms with Crippen LogP contribution in [0.2, 0.25) is 5.02 Å². The minimum absolute atomic E-state index is 0.00915. The lowest BCUT2D eigenvalue weighted by atomic mass is 10.2. The van der Waals surface area contributed by atoms with Crippen LogP contribution in [0.3, 0.4) is 0 Å². The molecule has 1 aromatic carbocycles. The fraction of sp³-hybridized carbons (Fsp3) is 0.353. The molecule has 1 aliphatic heterocycles. The lowest BCUT2D eigenvalue weighted by molar-refractivity contribution is -0.121. The van der Waals surface area contributed by atoms with Crippen LogP contribution in [-0.4, -0.2) is 34.2 Å². The van der Waals surface area contributed by atoms with Crippen molar-refractivity contribution in [1.82, 2.24) is 15.1 Å². The van der Waals surface area contributed by atoms with E-state index in [-0.39, 0.29) is 17.9 Å². The molecule has 1 atom stereocenters. The average molecular weight is 347 g/mol. The van der Waals surface area contributed by atoms with Crippen molar-refractivity contribution < 1.29 is 9.59 Å². The number of rotatable bonds is 5. The van der Waals surface area contributed by atoms with Gasteiger partial charge in [0, 0.05) is 43.3 Å². The Hall–Kier alpha value is -2.34. The lowest BCUT2D eigenvalue weighted by Crippen LogP contribution is -2.37. The number of carbonyl (C=O) groups excluding carboxylic acids is 2. The molecule has 3 rings (SSSR count). The zero-order valence-electron chi connectivity index (χ0n) is 13.4. The molecule has 0 bridgehead atoms. The van der Waals surface area contributed by atoms with Gasteiger partial charge in [-0.2, -0.15) is 5.10 Å². The zero-order valence-corrected chi connectivity index (χ0v) is 14.2. The van der Waals surface area contributed by atoms with Crippen molar-refractivity contribution in [2.24, 2.45) is 7.05 Å². The molecule has 7 heteroatoms. The minimum Gasteiger partial charge on any atom is -0.351 e. The summed E-state index contributed by atoms with van der Waals surface area (Å²) >= 11 is 5.87. The Morgan fingerprint density at radius 2 is 2.12 bits per heavy atom. The van der Waals surface area contributed by atoms with Gasteiger partial charge in [0.15, 0.2) is 0 Å². The first-order chi connectivity index (χ1) is 11.5. The molecule has 1 aliphatic rings. The van der Waals surface area contributed by atoms with Crippen molar-refractivity contribution in [2.45, 2.75) is 25.3 Å². The topological polar surface area (TPSA) is 67.2 Å². The Labute approximate surface area is 145 Å². The van der Waals surface area contributed by atoms with Crippen LogP contribution >= 0.6 is 11.6 Å². The Balaban J connectivity index is 1.52. The standard InChI is InChI=1S/C17H19ClN4O2/c1-21-10-12(9-19-21)2-7-16(23)20-14-8-17(24)22(11-14)15-5-3-13(18)4-6-15/h3-6,9-10,14H,2,7-8,11H2,1H3,(H,20,23)/t14-/m0/s1. The SMILES string of the molecule is Cn1cc(CCC(=O)N[C@H]2CC(=O)N(c3ccc(Cl)cc3)C2)cn1. The normalized spacial score (nSPS) is 17.3. The first-order valence-corrected chi connectivity index (χ1v) is 8.22. The second-order valence-corrected chi connectivity index (χ2v) is 6.41. The summed E-state index contributed by atoms with van der Waals surface area (Å²) in [6.07, 6.45) is 5.00. The molecule has 0 unspecified atom stereocenters. The van der Waals surface area contributed by atoms with Crippen LogP contribution in [0.4, 0.5) is 5.69 Å². The number of nitrogens with zero attached hydrogens (tertiary/aromatic N) is 3. The van der Waals surface area contributed by atoms with Crippen molar-refractivity contribution in [3.05, 3.63) is 47.2 Å². The van der Waals surface area contributed by atoms with Gasteiger partial charge >= 0.3 is 0 Å². The molecule has 2 amide bonds. The predicted octanol–water partition coefficient (Wildman–Crippen LogP) is 1.93. The Morgan fingerprint density at radius 1 is 1.38 bits per heavy atom. The van der Waals surface area contributed by atoms with E-state index < -0.39 is 0 Å². The molecule has 0 radical (unpaired) electrons. The zero-order chi connectivity index (χ0) is 17.1. The highest BCUT2D eigenvalue weighted by Gasteiger charge is 2.31. The van der Waals surface area contributed by atoms with Gasteiger partial charge < -0.3 is 10.2 Å². The van der Waals surface area contributed by atoms with Crippen LogP contribution in [0.1, 0.15) is 18.4 Å². The van der Waals surface area contributed by atoms with Gasteiger partial charge in [-0.15, -0.1) is 0 Å². The molecule has 1 N–H and O–H groups in total. The molecule has 1 fully saturated rings. The van der Waals surface area contributed by atoms with Crippen molar-refractivity contribution in [1.29, 1.82) is 0 Å². The number of aryl methyl sites for hydroxylation is 2. The second-order valence-electron chi connectivity index (χ2n) is 5.97. The maximum Gasteiger partial charge on any atom is 0.229 e. The van der Waals surface area contributed by atoms with Crippen molar-refractivity contribution >= 4 is 29.1 Å². The maximum absolute atomic E-state index is 12.2. The van der Waals surface area contributed by atoms with Crippen molar-refractivity contribution in [2.75, 3.05) is 11.4 Å². The molecule has 1 aromatic heterocycles. The summed E-state index contributed by atoms with van der Waals surface area (Å²) in [6.45, 7) is 0.485. The number of halogens is 1. The third-order valence-corrected chi connectivity index (χ3v) is 4.28. The molecule has 0 aliphatic carbocycles. The summed E-state index contributed by atoms with van der Waals surface area (Å²) in [5.41, 5.74) is 1.83.